The second-order valence-corrected chi connectivity index (χ2v) is 5.32. The molecule has 1 fully saturated rings. The Morgan fingerprint density at radius 2 is 2.20 bits per heavy atom. The van der Waals surface area contributed by atoms with E-state index in [1.165, 1.54) is 30.6 Å². The Balaban J connectivity index is 1.91. The number of aromatic nitrogens is 1. The summed E-state index contributed by atoms with van der Waals surface area (Å²) in [5.74, 6) is 0. The third-order valence-electron chi connectivity index (χ3n) is 2.76. The Labute approximate surface area is 93.9 Å². The largest absolute Gasteiger partial charge is 0.347 e. The van der Waals surface area contributed by atoms with E-state index in [9.17, 15) is 4.79 Å². The standard InChI is InChI=1S/C11H16N2OS/c1-8-7-12-11(15-8)10(14)13-9-5-3-2-4-6-9/h7,9H,2-6H2,1H3,(H,13,14). The fourth-order valence-corrected chi connectivity index (χ4v) is 2.62. The maximum Gasteiger partial charge on any atom is 0.280 e. The van der Waals surface area contributed by atoms with Crippen LogP contribution in [0.1, 0.15) is 46.8 Å². The van der Waals surface area contributed by atoms with Gasteiger partial charge in [-0.2, -0.15) is 0 Å². The number of nitrogens with one attached hydrogen (secondary N) is 1. The van der Waals surface area contributed by atoms with Gasteiger partial charge in [0.15, 0.2) is 5.01 Å². The van der Waals surface area contributed by atoms with Gasteiger partial charge in [-0.3, -0.25) is 4.79 Å². The number of amides is 1. The van der Waals surface area contributed by atoms with E-state index in [-0.39, 0.29) is 5.91 Å². The van der Waals surface area contributed by atoms with Crippen LogP contribution >= 0.6 is 11.3 Å². The van der Waals surface area contributed by atoms with Crippen LogP contribution in [-0.4, -0.2) is 16.9 Å². The minimum absolute atomic E-state index is 0. The first-order valence-electron chi connectivity index (χ1n) is 5.49. The highest BCUT2D eigenvalue weighted by Crippen LogP contribution is 2.18. The zero-order valence-corrected chi connectivity index (χ0v) is 9.77. The Bertz CT molecular complexity index is 342. The minimum atomic E-state index is 0. The normalized spacial score (nSPS) is 17.7. The van der Waals surface area contributed by atoms with Crippen LogP contribution < -0.4 is 5.32 Å². The lowest BCUT2D eigenvalue weighted by atomic mass is 9.95. The summed E-state index contributed by atoms with van der Waals surface area (Å²) in [4.78, 5) is 16.9. The summed E-state index contributed by atoms with van der Waals surface area (Å²) in [6.07, 6.45) is 7.78. The maximum atomic E-state index is 11.8. The molecule has 3 nitrogen and oxygen atoms in total. The molecular formula is C11H16N2OS. The summed E-state index contributed by atoms with van der Waals surface area (Å²) in [5.41, 5.74) is 0. The molecule has 1 aromatic heterocycles. The van der Waals surface area contributed by atoms with Crippen LogP contribution in [0.25, 0.3) is 0 Å². The van der Waals surface area contributed by atoms with Crippen molar-refractivity contribution < 1.29 is 4.79 Å². The number of carbonyl (C=O) groups excluding carboxylic acids is 1. The molecule has 1 saturated carbocycles. The van der Waals surface area contributed by atoms with Crippen molar-refractivity contribution in [2.75, 3.05) is 0 Å². The topological polar surface area (TPSA) is 42.0 Å². The number of hydrogen-bond acceptors (Lipinski definition) is 3. The van der Waals surface area contributed by atoms with Crippen molar-refractivity contribution in [2.24, 2.45) is 0 Å². The fraction of sp³-hybridized carbons (Fsp3) is 0.636. The van der Waals surface area contributed by atoms with Gasteiger partial charge in [0.25, 0.3) is 5.91 Å². The van der Waals surface area contributed by atoms with E-state index in [0.717, 1.165) is 17.7 Å². The molecular weight excluding hydrogens is 208 g/mol. The zero-order chi connectivity index (χ0) is 10.7. The number of carbonyl (C=O) groups is 1. The van der Waals surface area contributed by atoms with Crippen molar-refractivity contribution in [3.63, 3.8) is 0 Å². The molecule has 0 aromatic carbocycles. The molecule has 0 bridgehead atoms. The maximum absolute atomic E-state index is 11.8. The molecule has 1 N–H and O–H groups in total. The minimum Gasteiger partial charge on any atom is -0.347 e. The summed E-state index contributed by atoms with van der Waals surface area (Å²) in [5, 5.41) is 3.65. The van der Waals surface area contributed by atoms with Gasteiger partial charge in [0.1, 0.15) is 0 Å². The molecule has 0 radical (unpaired) electrons. The fourth-order valence-electron chi connectivity index (χ4n) is 1.95. The van der Waals surface area contributed by atoms with Gasteiger partial charge >= 0.3 is 0 Å². The molecule has 0 spiro atoms. The van der Waals surface area contributed by atoms with Gasteiger partial charge in [-0.15, -0.1) is 11.3 Å². The third kappa shape index (κ3) is 2.78. The second-order valence-electron chi connectivity index (χ2n) is 4.08. The van der Waals surface area contributed by atoms with Gasteiger partial charge in [0, 0.05) is 17.1 Å². The summed E-state index contributed by atoms with van der Waals surface area (Å²) in [6.45, 7) is 1.97. The Hall–Kier alpha value is -0.900. The van der Waals surface area contributed by atoms with Crippen LogP contribution in [0.3, 0.4) is 0 Å². The Morgan fingerprint density at radius 1 is 1.47 bits per heavy atom. The molecule has 4 heteroatoms. The van der Waals surface area contributed by atoms with Crippen molar-refractivity contribution in [1.82, 2.24) is 10.3 Å². The quantitative estimate of drug-likeness (QED) is 0.838. The number of aryl methyl sites for hydroxylation is 1. The lowest BCUT2D eigenvalue weighted by Gasteiger charge is -2.22. The number of thiazole rings is 1. The van der Waals surface area contributed by atoms with E-state index in [0.29, 0.717) is 11.0 Å². The smallest absolute Gasteiger partial charge is 0.280 e. The zero-order valence-electron chi connectivity index (χ0n) is 8.95. The van der Waals surface area contributed by atoms with Crippen LogP contribution in [0.5, 0.6) is 0 Å². The number of nitrogens with zero attached hydrogens (tertiary/aromatic N) is 1. The number of hydrogen-bond donors (Lipinski definition) is 1. The second kappa shape index (κ2) is 4.75. The first-order valence-corrected chi connectivity index (χ1v) is 6.30. The lowest BCUT2D eigenvalue weighted by molar-refractivity contribution is 0.0927. The summed E-state index contributed by atoms with van der Waals surface area (Å²) in [6, 6.07) is 0.371. The van der Waals surface area contributed by atoms with E-state index in [2.05, 4.69) is 10.3 Å². The first-order chi connectivity index (χ1) is 7.25. The Morgan fingerprint density at radius 3 is 2.80 bits per heavy atom. The van der Waals surface area contributed by atoms with E-state index < -0.39 is 0 Å². The summed E-state index contributed by atoms with van der Waals surface area (Å²) >= 11 is 1.46. The van der Waals surface area contributed by atoms with Gasteiger partial charge in [-0.1, -0.05) is 19.3 Å². The van der Waals surface area contributed by atoms with Crippen LogP contribution in [0.4, 0.5) is 0 Å². The highest BCUT2D eigenvalue weighted by molar-refractivity contribution is 7.13. The van der Waals surface area contributed by atoms with Gasteiger partial charge < -0.3 is 5.32 Å². The van der Waals surface area contributed by atoms with Crippen LogP contribution in [-0.2, 0) is 0 Å². The molecule has 1 aromatic rings. The van der Waals surface area contributed by atoms with Crippen LogP contribution in [0, 0.1) is 6.92 Å². The van der Waals surface area contributed by atoms with Crippen molar-refractivity contribution in [2.45, 2.75) is 45.1 Å². The highest BCUT2D eigenvalue weighted by atomic mass is 32.1. The van der Waals surface area contributed by atoms with Crippen molar-refractivity contribution in [3.8, 4) is 0 Å². The van der Waals surface area contributed by atoms with Gasteiger partial charge in [0.05, 0.1) is 0 Å². The highest BCUT2D eigenvalue weighted by Gasteiger charge is 2.17. The average Bonchev–Trinajstić information content (AvgIpc) is 2.66. The predicted molar refractivity (Wildman–Crippen MR) is 61.2 cm³/mol. The monoisotopic (exact) mass is 224 g/mol. The van der Waals surface area contributed by atoms with Gasteiger partial charge in [-0.25, -0.2) is 4.98 Å². The van der Waals surface area contributed by atoms with Gasteiger partial charge in [0.2, 0.25) is 0 Å². The number of rotatable bonds is 2. The molecule has 1 amide bonds. The van der Waals surface area contributed by atoms with E-state index in [1.54, 1.807) is 6.20 Å². The van der Waals surface area contributed by atoms with Gasteiger partial charge in [-0.05, 0) is 19.8 Å². The molecule has 1 heterocycles. The third-order valence-corrected chi connectivity index (χ3v) is 3.67. The van der Waals surface area contributed by atoms with E-state index in [4.69, 9.17) is 0 Å². The molecule has 1 aliphatic rings. The van der Waals surface area contributed by atoms with Crippen molar-refractivity contribution in [3.05, 3.63) is 16.1 Å². The van der Waals surface area contributed by atoms with E-state index in [1.807, 2.05) is 6.92 Å². The lowest BCUT2D eigenvalue weighted by Crippen LogP contribution is -2.36. The van der Waals surface area contributed by atoms with Crippen molar-refractivity contribution in [1.29, 1.82) is 0 Å². The SMILES string of the molecule is Cc1cnc(C(=O)NC2CCCCC2)s1. The molecule has 15 heavy (non-hydrogen) atoms. The molecule has 0 saturated heterocycles. The molecule has 0 atom stereocenters. The first kappa shape index (κ1) is 10.6. The van der Waals surface area contributed by atoms with Crippen molar-refractivity contribution >= 4 is 17.2 Å². The Kier molecular flexibility index (Phi) is 3.36. The molecule has 82 valence electrons. The average molecular weight is 224 g/mol. The molecule has 2 rings (SSSR count). The predicted octanol–water partition coefficient (Wildman–Crippen LogP) is 2.51. The summed E-state index contributed by atoms with van der Waals surface area (Å²) < 4.78 is 0. The van der Waals surface area contributed by atoms with Crippen LogP contribution in [0.2, 0.25) is 0 Å². The molecule has 0 aliphatic heterocycles. The van der Waals surface area contributed by atoms with E-state index >= 15 is 0 Å². The summed E-state index contributed by atoms with van der Waals surface area (Å²) in [7, 11) is 0. The van der Waals surface area contributed by atoms with Crippen LogP contribution in [0.15, 0.2) is 6.20 Å². The molecule has 1 aliphatic carbocycles. The molecule has 0 unspecified atom stereocenters.